The van der Waals surface area contributed by atoms with Crippen LogP contribution in [0, 0.1) is 6.92 Å². The normalized spacial score (nSPS) is 16.0. The number of hydrogen-bond donors (Lipinski definition) is 3. The van der Waals surface area contributed by atoms with E-state index < -0.39 is 5.60 Å². The van der Waals surface area contributed by atoms with Crippen molar-refractivity contribution in [3.8, 4) is 0 Å². The molecule has 0 amide bonds. The highest BCUT2D eigenvalue weighted by atomic mass is 35.5. The number of allylic oxidation sites excluding steroid dienone is 1. The maximum absolute atomic E-state index is 10.8. The Hall–Kier alpha value is -2.30. The molecule has 0 bridgehead atoms. The van der Waals surface area contributed by atoms with Gasteiger partial charge in [-0.15, -0.1) is 0 Å². The van der Waals surface area contributed by atoms with Crippen LogP contribution in [0.1, 0.15) is 55.7 Å². The number of anilines is 2. The van der Waals surface area contributed by atoms with Crippen LogP contribution in [0.15, 0.2) is 43.1 Å². The Morgan fingerprint density at radius 1 is 1.31 bits per heavy atom. The van der Waals surface area contributed by atoms with Gasteiger partial charge in [0.15, 0.2) is 0 Å². The van der Waals surface area contributed by atoms with Crippen LogP contribution in [-0.2, 0) is 0 Å². The number of nitrogens with one attached hydrogen (secondary N) is 2. The predicted molar refractivity (Wildman–Crippen MR) is 123 cm³/mol. The fourth-order valence-corrected chi connectivity index (χ4v) is 4.04. The monoisotopic (exact) mass is 411 g/mol. The van der Waals surface area contributed by atoms with Crippen molar-refractivity contribution in [3.05, 3.63) is 64.8 Å². The number of pyridine rings is 1. The van der Waals surface area contributed by atoms with Gasteiger partial charge < -0.3 is 15.7 Å². The smallest absolute Gasteiger partial charge is 0.137 e. The summed E-state index contributed by atoms with van der Waals surface area (Å²) in [6, 6.07) is 7.58. The third kappa shape index (κ3) is 5.40. The molecule has 2 aromatic rings. The van der Waals surface area contributed by atoms with E-state index in [1.165, 1.54) is 6.42 Å². The first kappa shape index (κ1) is 21.4. The molecule has 4 nitrogen and oxygen atoms in total. The molecule has 0 atom stereocenters. The fraction of sp³-hybridized carbons (Fsp3) is 0.375. The Morgan fingerprint density at radius 2 is 2.07 bits per heavy atom. The molecular weight excluding hydrogens is 382 g/mol. The van der Waals surface area contributed by atoms with E-state index in [1.807, 2.05) is 49.5 Å². The quantitative estimate of drug-likeness (QED) is 0.517. The minimum atomic E-state index is -0.636. The van der Waals surface area contributed by atoms with E-state index in [-0.39, 0.29) is 0 Å². The second kappa shape index (κ2) is 9.47. The standard InChI is InChI=1S/C24H30ClN3O/c1-4-9-21-17(2)22(18(3)27-16-24(29)12-6-5-7-13-24)15-26-23(21)28-20-11-8-10-19(25)14-20/h4,8-11,14-15,27,29H,3,5-7,12-13,16H2,1-2H3,(H,26,28)/b9-4-. The van der Waals surface area contributed by atoms with Gasteiger partial charge in [-0.1, -0.05) is 55.7 Å². The van der Waals surface area contributed by atoms with Crippen molar-refractivity contribution < 1.29 is 5.11 Å². The molecule has 1 heterocycles. The van der Waals surface area contributed by atoms with E-state index in [0.717, 1.165) is 59.6 Å². The zero-order valence-electron chi connectivity index (χ0n) is 17.3. The third-order valence-corrected chi connectivity index (χ3v) is 5.78. The molecule has 5 heteroatoms. The summed E-state index contributed by atoms with van der Waals surface area (Å²) in [6.07, 6.45) is 10.9. The van der Waals surface area contributed by atoms with E-state index in [0.29, 0.717) is 11.6 Å². The van der Waals surface area contributed by atoms with Crippen molar-refractivity contribution >= 4 is 34.9 Å². The molecule has 1 aromatic heterocycles. The average Bonchev–Trinajstić information content (AvgIpc) is 2.70. The van der Waals surface area contributed by atoms with Crippen LogP contribution in [0.25, 0.3) is 11.8 Å². The molecule has 154 valence electrons. The van der Waals surface area contributed by atoms with E-state index >= 15 is 0 Å². The van der Waals surface area contributed by atoms with Gasteiger partial charge in [-0.25, -0.2) is 4.98 Å². The molecule has 0 radical (unpaired) electrons. The zero-order chi connectivity index (χ0) is 20.9. The van der Waals surface area contributed by atoms with Gasteiger partial charge >= 0.3 is 0 Å². The van der Waals surface area contributed by atoms with Crippen LogP contribution >= 0.6 is 11.6 Å². The van der Waals surface area contributed by atoms with Gasteiger partial charge in [-0.05, 0) is 50.5 Å². The van der Waals surface area contributed by atoms with Gasteiger partial charge in [-0.2, -0.15) is 0 Å². The molecule has 29 heavy (non-hydrogen) atoms. The number of benzene rings is 1. The van der Waals surface area contributed by atoms with Crippen molar-refractivity contribution in [2.75, 3.05) is 11.9 Å². The molecule has 1 fully saturated rings. The van der Waals surface area contributed by atoms with Crippen molar-refractivity contribution in [2.45, 2.75) is 51.6 Å². The lowest BCUT2D eigenvalue weighted by molar-refractivity contribution is 0.00826. The number of hydrogen-bond acceptors (Lipinski definition) is 4. The van der Waals surface area contributed by atoms with Crippen LogP contribution < -0.4 is 10.6 Å². The molecule has 1 aliphatic rings. The lowest BCUT2D eigenvalue weighted by Gasteiger charge is -2.33. The van der Waals surface area contributed by atoms with Crippen molar-refractivity contribution in [3.63, 3.8) is 0 Å². The summed E-state index contributed by atoms with van der Waals surface area (Å²) in [4.78, 5) is 4.65. The summed E-state index contributed by atoms with van der Waals surface area (Å²) in [5, 5.41) is 18.1. The fourth-order valence-electron chi connectivity index (χ4n) is 3.85. The molecule has 3 rings (SSSR count). The highest BCUT2D eigenvalue weighted by Crippen LogP contribution is 2.30. The van der Waals surface area contributed by atoms with Crippen LogP contribution in [-0.4, -0.2) is 22.2 Å². The predicted octanol–water partition coefficient (Wildman–Crippen LogP) is 6.08. The van der Waals surface area contributed by atoms with Crippen LogP contribution in [0.4, 0.5) is 11.5 Å². The molecule has 0 aliphatic heterocycles. The maximum Gasteiger partial charge on any atom is 0.137 e. The SMILES string of the molecule is C=C(NCC1(O)CCCCC1)c1cnc(Nc2cccc(Cl)c2)c(/C=C\C)c1C. The molecular formula is C24H30ClN3O. The molecule has 1 saturated carbocycles. The van der Waals surface area contributed by atoms with E-state index in [4.69, 9.17) is 11.6 Å². The summed E-state index contributed by atoms with van der Waals surface area (Å²) >= 11 is 6.11. The number of rotatable bonds is 7. The molecule has 0 saturated heterocycles. The number of nitrogens with zero attached hydrogens (tertiary/aromatic N) is 1. The van der Waals surface area contributed by atoms with Crippen molar-refractivity contribution in [1.29, 1.82) is 0 Å². The highest BCUT2D eigenvalue weighted by molar-refractivity contribution is 6.30. The summed E-state index contributed by atoms with van der Waals surface area (Å²) < 4.78 is 0. The average molecular weight is 412 g/mol. The molecule has 1 aromatic carbocycles. The lowest BCUT2D eigenvalue weighted by atomic mass is 9.85. The summed E-state index contributed by atoms with van der Waals surface area (Å²) in [6.45, 7) is 8.78. The summed E-state index contributed by atoms with van der Waals surface area (Å²) in [7, 11) is 0. The van der Waals surface area contributed by atoms with Gasteiger partial charge in [-0.3, -0.25) is 0 Å². The van der Waals surface area contributed by atoms with Gasteiger partial charge in [0.2, 0.25) is 0 Å². The second-order valence-corrected chi connectivity index (χ2v) is 8.25. The minimum absolute atomic E-state index is 0.521. The first-order chi connectivity index (χ1) is 13.9. The number of aromatic nitrogens is 1. The first-order valence-electron chi connectivity index (χ1n) is 10.2. The van der Waals surface area contributed by atoms with Crippen LogP contribution in [0.3, 0.4) is 0 Å². The molecule has 1 aliphatic carbocycles. The Bertz CT molecular complexity index is 901. The van der Waals surface area contributed by atoms with Gasteiger partial charge in [0, 0.05) is 40.3 Å². The zero-order valence-corrected chi connectivity index (χ0v) is 18.0. The molecule has 0 spiro atoms. The second-order valence-electron chi connectivity index (χ2n) is 7.81. The van der Waals surface area contributed by atoms with E-state index in [1.54, 1.807) is 0 Å². The topological polar surface area (TPSA) is 57.2 Å². The van der Waals surface area contributed by atoms with Crippen molar-refractivity contribution in [1.82, 2.24) is 10.3 Å². The Kier molecular flexibility index (Phi) is 6.99. The van der Waals surface area contributed by atoms with Crippen LogP contribution in [0.5, 0.6) is 0 Å². The number of halogens is 1. The Morgan fingerprint density at radius 3 is 2.76 bits per heavy atom. The third-order valence-electron chi connectivity index (χ3n) is 5.55. The lowest BCUT2D eigenvalue weighted by Crippen LogP contribution is -2.41. The Labute approximate surface area is 178 Å². The highest BCUT2D eigenvalue weighted by Gasteiger charge is 2.29. The number of aliphatic hydroxyl groups is 1. The maximum atomic E-state index is 10.8. The van der Waals surface area contributed by atoms with Gasteiger partial charge in [0.05, 0.1) is 5.60 Å². The van der Waals surface area contributed by atoms with E-state index in [9.17, 15) is 5.11 Å². The summed E-state index contributed by atoms with van der Waals surface area (Å²) in [5.74, 6) is 0.769. The van der Waals surface area contributed by atoms with Crippen LogP contribution in [0.2, 0.25) is 5.02 Å². The first-order valence-corrected chi connectivity index (χ1v) is 10.6. The largest absolute Gasteiger partial charge is 0.388 e. The molecule has 0 unspecified atom stereocenters. The Balaban J connectivity index is 1.80. The molecule has 3 N–H and O–H groups in total. The van der Waals surface area contributed by atoms with Gasteiger partial charge in [0.25, 0.3) is 0 Å². The minimum Gasteiger partial charge on any atom is -0.388 e. The van der Waals surface area contributed by atoms with E-state index in [2.05, 4.69) is 29.1 Å². The summed E-state index contributed by atoms with van der Waals surface area (Å²) in [5.41, 5.74) is 4.07. The van der Waals surface area contributed by atoms with Gasteiger partial charge in [0.1, 0.15) is 5.82 Å². The van der Waals surface area contributed by atoms with Crippen molar-refractivity contribution in [2.24, 2.45) is 0 Å².